The Kier molecular flexibility index (Phi) is 7.72. The molecule has 0 aliphatic heterocycles. The summed E-state index contributed by atoms with van der Waals surface area (Å²) in [5, 5.41) is 3.94. The lowest BCUT2D eigenvalue weighted by Crippen LogP contribution is -2.10. The van der Waals surface area contributed by atoms with Crippen LogP contribution in [-0.2, 0) is 33.6 Å². The van der Waals surface area contributed by atoms with E-state index in [-0.39, 0.29) is 16.8 Å². The first-order valence-electron chi connectivity index (χ1n) is 8.60. The summed E-state index contributed by atoms with van der Waals surface area (Å²) in [6, 6.07) is 6.61. The van der Waals surface area contributed by atoms with Crippen molar-refractivity contribution in [3.8, 4) is 5.88 Å². The zero-order valence-electron chi connectivity index (χ0n) is 16.0. The Hall–Kier alpha value is -2.49. The van der Waals surface area contributed by atoms with Gasteiger partial charge in [0.15, 0.2) is 5.56 Å². The first-order valence-corrected chi connectivity index (χ1v) is 9.39. The molecule has 0 aliphatic carbocycles. The Morgan fingerprint density at radius 2 is 1.97 bits per heavy atom. The van der Waals surface area contributed by atoms with Crippen LogP contribution in [0.1, 0.15) is 30.0 Å². The standard InChI is InChI=1S/C19H20BrF3N2O4/c1-4-9-25-16(20)15(19(21,22)23)17(24-25)29-10-12-7-5-6-8-13(12)14(11-27-2)18(26)28-3/h5-8,11H,4,9-10H2,1-3H3/b14-11+. The molecule has 0 fully saturated rings. The first-order chi connectivity index (χ1) is 13.7. The summed E-state index contributed by atoms with van der Waals surface area (Å²) < 4.78 is 56.6. The SMILES string of the molecule is CCCn1nc(OCc2ccccc2/C(=C\OC)C(=O)OC)c(C(F)(F)F)c1Br. The van der Waals surface area contributed by atoms with Gasteiger partial charge in [-0.05, 0) is 33.5 Å². The largest absolute Gasteiger partial charge is 0.503 e. The van der Waals surface area contributed by atoms with E-state index >= 15 is 0 Å². The number of alkyl halides is 3. The van der Waals surface area contributed by atoms with Crippen LogP contribution in [0.25, 0.3) is 5.57 Å². The lowest BCUT2D eigenvalue weighted by Gasteiger charge is -2.13. The summed E-state index contributed by atoms with van der Waals surface area (Å²) in [4.78, 5) is 12.1. The molecule has 1 aromatic heterocycles. The second-order valence-electron chi connectivity index (χ2n) is 5.90. The van der Waals surface area contributed by atoms with Crippen molar-refractivity contribution in [3.63, 3.8) is 0 Å². The van der Waals surface area contributed by atoms with E-state index in [0.29, 0.717) is 24.1 Å². The number of aromatic nitrogens is 2. The molecule has 0 bridgehead atoms. The lowest BCUT2D eigenvalue weighted by molar-refractivity contribution is -0.139. The molecule has 0 radical (unpaired) electrons. The number of hydrogen-bond donors (Lipinski definition) is 0. The molecule has 0 N–H and O–H groups in total. The fraction of sp³-hybridized carbons (Fsp3) is 0.368. The maximum atomic E-state index is 13.5. The Balaban J connectivity index is 2.40. The van der Waals surface area contributed by atoms with Gasteiger partial charge in [0.1, 0.15) is 16.8 Å². The summed E-state index contributed by atoms with van der Waals surface area (Å²) in [5.74, 6) is -1.19. The van der Waals surface area contributed by atoms with E-state index in [0.717, 1.165) is 0 Å². The van der Waals surface area contributed by atoms with Crippen LogP contribution < -0.4 is 4.74 Å². The molecule has 6 nitrogen and oxygen atoms in total. The van der Waals surface area contributed by atoms with Gasteiger partial charge in [0.25, 0.3) is 0 Å². The number of esters is 1. The van der Waals surface area contributed by atoms with Crippen LogP contribution in [0.4, 0.5) is 13.2 Å². The molecule has 0 atom stereocenters. The molecule has 2 aromatic rings. The molecule has 1 aromatic carbocycles. The predicted molar refractivity (Wildman–Crippen MR) is 103 cm³/mol. The predicted octanol–water partition coefficient (Wildman–Crippen LogP) is 4.81. The first kappa shape index (κ1) is 22.8. The third-order valence-electron chi connectivity index (χ3n) is 3.89. The molecule has 0 aliphatic rings. The number of ether oxygens (including phenoxy) is 3. The molecular formula is C19H20BrF3N2O4. The van der Waals surface area contributed by atoms with Gasteiger partial charge in [-0.25, -0.2) is 4.79 Å². The van der Waals surface area contributed by atoms with Gasteiger partial charge < -0.3 is 14.2 Å². The number of nitrogens with zero attached hydrogens (tertiary/aromatic N) is 2. The van der Waals surface area contributed by atoms with Gasteiger partial charge in [-0.2, -0.15) is 13.2 Å². The number of hydrogen-bond acceptors (Lipinski definition) is 5. The van der Waals surface area contributed by atoms with Crippen LogP contribution >= 0.6 is 15.9 Å². The van der Waals surface area contributed by atoms with Gasteiger partial charge in [-0.3, -0.25) is 4.68 Å². The van der Waals surface area contributed by atoms with E-state index in [1.807, 2.05) is 6.92 Å². The Morgan fingerprint density at radius 1 is 1.28 bits per heavy atom. The van der Waals surface area contributed by atoms with Crippen molar-refractivity contribution in [1.29, 1.82) is 0 Å². The van der Waals surface area contributed by atoms with Crippen LogP contribution in [0.15, 0.2) is 35.1 Å². The molecule has 0 amide bonds. The molecule has 0 saturated heterocycles. The van der Waals surface area contributed by atoms with Crippen molar-refractivity contribution in [2.45, 2.75) is 32.7 Å². The monoisotopic (exact) mass is 476 g/mol. The summed E-state index contributed by atoms with van der Waals surface area (Å²) >= 11 is 2.97. The number of rotatable bonds is 8. The molecule has 0 unspecified atom stereocenters. The number of benzene rings is 1. The molecule has 0 spiro atoms. The highest BCUT2D eigenvalue weighted by molar-refractivity contribution is 9.10. The van der Waals surface area contributed by atoms with Gasteiger partial charge in [0.05, 0.1) is 20.5 Å². The van der Waals surface area contributed by atoms with Crippen molar-refractivity contribution < 1.29 is 32.2 Å². The van der Waals surface area contributed by atoms with Crippen LogP contribution in [-0.4, -0.2) is 30.0 Å². The minimum absolute atomic E-state index is 0.114. The molecule has 158 valence electrons. The minimum atomic E-state index is -4.65. The van der Waals surface area contributed by atoms with Crippen LogP contribution in [0, 0.1) is 0 Å². The van der Waals surface area contributed by atoms with Gasteiger partial charge >= 0.3 is 12.1 Å². The maximum absolute atomic E-state index is 13.5. The maximum Gasteiger partial charge on any atom is 0.424 e. The molecule has 2 rings (SSSR count). The fourth-order valence-electron chi connectivity index (χ4n) is 2.62. The topological polar surface area (TPSA) is 62.6 Å². The number of carbonyl (C=O) groups is 1. The number of carbonyl (C=O) groups excluding carboxylic acids is 1. The quantitative estimate of drug-likeness (QED) is 0.310. The molecule has 10 heteroatoms. The second kappa shape index (κ2) is 9.82. The zero-order chi connectivity index (χ0) is 21.6. The molecule has 0 saturated carbocycles. The zero-order valence-corrected chi connectivity index (χ0v) is 17.6. The number of methoxy groups -OCH3 is 2. The summed E-state index contributed by atoms with van der Waals surface area (Å²) in [7, 11) is 2.59. The second-order valence-corrected chi connectivity index (χ2v) is 6.65. The van der Waals surface area contributed by atoms with E-state index < -0.39 is 23.6 Å². The Bertz CT molecular complexity index is 894. The van der Waals surface area contributed by atoms with Crippen LogP contribution in [0.3, 0.4) is 0 Å². The summed E-state index contributed by atoms with van der Waals surface area (Å²) in [5.41, 5.74) is 0.0179. The van der Waals surface area contributed by atoms with Gasteiger partial charge in [-0.1, -0.05) is 31.2 Å². The van der Waals surface area contributed by atoms with Crippen molar-refractivity contribution in [2.75, 3.05) is 14.2 Å². The van der Waals surface area contributed by atoms with Gasteiger partial charge in [-0.15, -0.1) is 5.10 Å². The van der Waals surface area contributed by atoms with E-state index in [1.165, 1.54) is 25.2 Å². The normalized spacial score (nSPS) is 12.0. The molecular weight excluding hydrogens is 457 g/mol. The third-order valence-corrected chi connectivity index (χ3v) is 4.70. The summed E-state index contributed by atoms with van der Waals surface area (Å²) in [6.45, 7) is 1.88. The minimum Gasteiger partial charge on any atom is -0.503 e. The lowest BCUT2D eigenvalue weighted by atomic mass is 10.0. The molecule has 1 heterocycles. The van der Waals surface area contributed by atoms with Crippen molar-refractivity contribution in [2.24, 2.45) is 0 Å². The fourth-order valence-corrected chi connectivity index (χ4v) is 3.28. The Labute approximate surface area is 174 Å². The van der Waals surface area contributed by atoms with Crippen LogP contribution in [0.5, 0.6) is 5.88 Å². The molecule has 29 heavy (non-hydrogen) atoms. The van der Waals surface area contributed by atoms with Crippen molar-refractivity contribution >= 4 is 27.5 Å². The smallest absolute Gasteiger partial charge is 0.424 e. The van der Waals surface area contributed by atoms with Crippen molar-refractivity contribution in [3.05, 3.63) is 51.8 Å². The highest BCUT2D eigenvalue weighted by atomic mass is 79.9. The Morgan fingerprint density at radius 3 is 2.55 bits per heavy atom. The van der Waals surface area contributed by atoms with E-state index in [2.05, 4.69) is 21.0 Å². The van der Waals surface area contributed by atoms with E-state index in [9.17, 15) is 18.0 Å². The van der Waals surface area contributed by atoms with Crippen molar-refractivity contribution in [1.82, 2.24) is 9.78 Å². The van der Waals surface area contributed by atoms with Crippen LogP contribution in [0.2, 0.25) is 0 Å². The highest BCUT2D eigenvalue weighted by Crippen LogP contribution is 2.41. The average Bonchev–Trinajstić information content (AvgIpc) is 3.00. The van der Waals surface area contributed by atoms with E-state index in [1.54, 1.807) is 24.3 Å². The van der Waals surface area contributed by atoms with Gasteiger partial charge in [0, 0.05) is 6.54 Å². The average molecular weight is 477 g/mol. The van der Waals surface area contributed by atoms with E-state index in [4.69, 9.17) is 14.2 Å². The number of halogens is 4. The van der Waals surface area contributed by atoms with Gasteiger partial charge in [0.2, 0.25) is 5.88 Å². The number of aryl methyl sites for hydroxylation is 1. The summed E-state index contributed by atoms with van der Waals surface area (Å²) in [6.07, 6.45) is -2.84. The third kappa shape index (κ3) is 5.31. The highest BCUT2D eigenvalue weighted by Gasteiger charge is 2.40.